The van der Waals surface area contributed by atoms with Gasteiger partial charge in [0, 0.05) is 6.42 Å². The fourth-order valence-electron chi connectivity index (χ4n) is 1.40. The molecule has 0 fully saturated rings. The van der Waals surface area contributed by atoms with Gasteiger partial charge in [0.2, 0.25) is 0 Å². The second kappa shape index (κ2) is 3.18. The van der Waals surface area contributed by atoms with E-state index in [4.69, 9.17) is 4.42 Å². The van der Waals surface area contributed by atoms with Crippen LogP contribution in [0.5, 0.6) is 5.75 Å². The smallest absolute Gasteiger partial charge is 0.343 e. The third kappa shape index (κ3) is 1.37. The van der Waals surface area contributed by atoms with Crippen molar-refractivity contribution in [3.8, 4) is 5.75 Å². The Balaban J connectivity index is 2.83. The van der Waals surface area contributed by atoms with E-state index in [9.17, 15) is 9.90 Å². The highest BCUT2D eigenvalue weighted by atomic mass is 16.4. The predicted molar refractivity (Wildman–Crippen MR) is 53.5 cm³/mol. The highest BCUT2D eigenvalue weighted by Gasteiger charge is 2.03. The van der Waals surface area contributed by atoms with E-state index in [1.807, 2.05) is 13.0 Å². The first-order chi connectivity index (χ1) is 6.70. The molecular formula is C11H10O3. The molecule has 3 nitrogen and oxygen atoms in total. The van der Waals surface area contributed by atoms with Crippen LogP contribution >= 0.6 is 0 Å². The summed E-state index contributed by atoms with van der Waals surface area (Å²) in [4.78, 5) is 11.4. The summed E-state index contributed by atoms with van der Waals surface area (Å²) in [7, 11) is 0. The van der Waals surface area contributed by atoms with Crippen molar-refractivity contribution in [3.63, 3.8) is 0 Å². The van der Waals surface area contributed by atoms with Crippen molar-refractivity contribution in [1.82, 2.24) is 0 Å². The van der Waals surface area contributed by atoms with Crippen LogP contribution in [0.25, 0.3) is 10.8 Å². The van der Waals surface area contributed by atoms with Crippen LogP contribution in [0.1, 0.15) is 12.7 Å². The molecule has 3 heteroatoms. The van der Waals surface area contributed by atoms with Crippen molar-refractivity contribution in [1.29, 1.82) is 0 Å². The van der Waals surface area contributed by atoms with E-state index in [-0.39, 0.29) is 5.75 Å². The van der Waals surface area contributed by atoms with Crippen LogP contribution in [0.3, 0.4) is 0 Å². The molecule has 0 amide bonds. The number of aromatic hydroxyl groups is 1. The number of hydrogen-bond acceptors (Lipinski definition) is 3. The molecule has 0 aliphatic heterocycles. The van der Waals surface area contributed by atoms with Gasteiger partial charge in [-0.1, -0.05) is 13.0 Å². The lowest BCUT2D eigenvalue weighted by atomic mass is 10.1. The first-order valence-corrected chi connectivity index (χ1v) is 4.46. The minimum absolute atomic E-state index is 0.0778. The zero-order valence-corrected chi connectivity index (χ0v) is 7.78. The molecule has 14 heavy (non-hydrogen) atoms. The van der Waals surface area contributed by atoms with E-state index in [1.54, 1.807) is 12.1 Å². The van der Waals surface area contributed by atoms with Crippen molar-refractivity contribution in [2.75, 3.05) is 0 Å². The van der Waals surface area contributed by atoms with Crippen molar-refractivity contribution < 1.29 is 9.52 Å². The van der Waals surface area contributed by atoms with E-state index >= 15 is 0 Å². The molecule has 0 atom stereocenters. The zero-order valence-electron chi connectivity index (χ0n) is 7.78. The second-order valence-corrected chi connectivity index (χ2v) is 3.13. The summed E-state index contributed by atoms with van der Waals surface area (Å²) in [5.41, 5.74) is -0.393. The van der Waals surface area contributed by atoms with Gasteiger partial charge in [0.15, 0.2) is 0 Å². The van der Waals surface area contributed by atoms with Crippen molar-refractivity contribution in [3.05, 3.63) is 40.4 Å². The van der Waals surface area contributed by atoms with Gasteiger partial charge in [-0.05, 0) is 23.6 Å². The van der Waals surface area contributed by atoms with Gasteiger partial charge in [-0.15, -0.1) is 0 Å². The maximum absolute atomic E-state index is 11.4. The lowest BCUT2D eigenvalue weighted by molar-refractivity contribution is 0.467. The number of hydrogen-bond donors (Lipinski definition) is 1. The first kappa shape index (κ1) is 8.81. The van der Waals surface area contributed by atoms with Crippen LogP contribution in [0.15, 0.2) is 33.5 Å². The van der Waals surface area contributed by atoms with Crippen LogP contribution in [-0.2, 0) is 6.42 Å². The van der Waals surface area contributed by atoms with E-state index in [0.29, 0.717) is 17.6 Å². The van der Waals surface area contributed by atoms with Crippen molar-refractivity contribution in [2.24, 2.45) is 0 Å². The summed E-state index contributed by atoms with van der Waals surface area (Å²) in [6.07, 6.45) is 0.687. The van der Waals surface area contributed by atoms with Crippen molar-refractivity contribution in [2.45, 2.75) is 13.3 Å². The van der Waals surface area contributed by atoms with E-state index in [0.717, 1.165) is 5.39 Å². The van der Waals surface area contributed by atoms with Crippen LogP contribution in [0.4, 0.5) is 0 Å². The third-order valence-electron chi connectivity index (χ3n) is 2.15. The summed E-state index contributed by atoms with van der Waals surface area (Å²) in [5, 5.41) is 10.4. The van der Waals surface area contributed by atoms with E-state index in [1.165, 1.54) is 6.07 Å². The average Bonchev–Trinajstić information content (AvgIpc) is 2.19. The minimum Gasteiger partial charge on any atom is -0.508 e. The summed E-state index contributed by atoms with van der Waals surface area (Å²) < 4.78 is 5.03. The van der Waals surface area contributed by atoms with Gasteiger partial charge in [-0.25, -0.2) is 4.79 Å². The Kier molecular flexibility index (Phi) is 2.00. The molecule has 1 N–H and O–H groups in total. The highest BCUT2D eigenvalue weighted by molar-refractivity contribution is 5.82. The highest BCUT2D eigenvalue weighted by Crippen LogP contribution is 2.17. The molecule has 0 spiro atoms. The van der Waals surface area contributed by atoms with Crippen LogP contribution in [-0.4, -0.2) is 5.11 Å². The molecular weight excluding hydrogens is 180 g/mol. The minimum atomic E-state index is -0.393. The Morgan fingerprint density at radius 2 is 2.14 bits per heavy atom. The number of aryl methyl sites for hydroxylation is 1. The second-order valence-electron chi connectivity index (χ2n) is 3.13. The Morgan fingerprint density at radius 1 is 1.36 bits per heavy atom. The molecule has 2 rings (SSSR count). The van der Waals surface area contributed by atoms with Gasteiger partial charge >= 0.3 is 5.63 Å². The molecule has 0 radical (unpaired) electrons. The summed E-state index contributed by atoms with van der Waals surface area (Å²) >= 11 is 0. The van der Waals surface area contributed by atoms with E-state index in [2.05, 4.69) is 0 Å². The molecule has 0 bridgehead atoms. The number of benzene rings is 1. The largest absolute Gasteiger partial charge is 0.508 e. The molecule has 0 saturated carbocycles. The third-order valence-corrected chi connectivity index (χ3v) is 2.15. The van der Waals surface area contributed by atoms with Gasteiger partial charge in [-0.3, -0.25) is 0 Å². The monoisotopic (exact) mass is 190 g/mol. The normalized spacial score (nSPS) is 10.6. The van der Waals surface area contributed by atoms with Gasteiger partial charge in [0.1, 0.15) is 11.5 Å². The molecule has 0 aliphatic carbocycles. The summed E-state index contributed by atoms with van der Waals surface area (Å²) in [6, 6.07) is 6.50. The molecule has 72 valence electrons. The van der Waals surface area contributed by atoms with Gasteiger partial charge in [-0.2, -0.15) is 0 Å². The van der Waals surface area contributed by atoms with Gasteiger partial charge < -0.3 is 9.52 Å². The Bertz CT molecular complexity index is 526. The fourth-order valence-corrected chi connectivity index (χ4v) is 1.40. The number of rotatable bonds is 1. The lowest BCUT2D eigenvalue weighted by Crippen LogP contribution is -2.01. The molecule has 0 saturated heterocycles. The predicted octanol–water partition coefficient (Wildman–Crippen LogP) is 2.06. The molecule has 1 heterocycles. The SMILES string of the molecule is CCc1cc2ccc(O)cc2c(=O)o1. The molecule has 0 unspecified atom stereocenters. The number of fused-ring (bicyclic) bond motifs is 1. The Morgan fingerprint density at radius 3 is 2.86 bits per heavy atom. The lowest BCUT2D eigenvalue weighted by Gasteiger charge is -1.99. The maximum atomic E-state index is 11.4. The molecule has 1 aromatic carbocycles. The average molecular weight is 190 g/mol. The first-order valence-electron chi connectivity index (χ1n) is 4.46. The quantitative estimate of drug-likeness (QED) is 0.748. The molecule has 1 aromatic heterocycles. The van der Waals surface area contributed by atoms with Crippen LogP contribution in [0, 0.1) is 0 Å². The fraction of sp³-hybridized carbons (Fsp3) is 0.182. The number of phenols is 1. The zero-order chi connectivity index (χ0) is 10.1. The van der Waals surface area contributed by atoms with Gasteiger partial charge in [0.25, 0.3) is 0 Å². The summed E-state index contributed by atoms with van der Waals surface area (Å²) in [6.45, 7) is 1.92. The molecule has 0 aliphatic rings. The molecule has 2 aromatic rings. The van der Waals surface area contributed by atoms with Crippen LogP contribution < -0.4 is 5.63 Å². The summed E-state index contributed by atoms with van der Waals surface area (Å²) in [5.74, 6) is 0.738. The number of phenolic OH excluding ortho intramolecular Hbond substituents is 1. The maximum Gasteiger partial charge on any atom is 0.343 e. The van der Waals surface area contributed by atoms with Gasteiger partial charge in [0.05, 0.1) is 5.39 Å². The topological polar surface area (TPSA) is 50.4 Å². The van der Waals surface area contributed by atoms with Crippen molar-refractivity contribution >= 4 is 10.8 Å². The van der Waals surface area contributed by atoms with E-state index < -0.39 is 5.63 Å². The Labute approximate surface area is 80.6 Å². The standard InChI is InChI=1S/C11H10O3/c1-2-9-5-7-3-4-8(12)6-10(7)11(13)14-9/h3-6,12H,2H2,1H3. The van der Waals surface area contributed by atoms with Crippen LogP contribution in [0.2, 0.25) is 0 Å². The Hall–Kier alpha value is -1.77.